The molecule has 0 unspecified atom stereocenters. The second-order valence-corrected chi connectivity index (χ2v) is 4.26. The first-order chi connectivity index (χ1) is 7.59. The Hall–Kier alpha value is -1.26. The summed E-state index contributed by atoms with van der Waals surface area (Å²) in [6.07, 6.45) is -0.688. The van der Waals surface area contributed by atoms with Crippen molar-refractivity contribution in [2.24, 2.45) is 0 Å². The van der Waals surface area contributed by atoms with Crippen LogP contribution >= 0.6 is 11.6 Å². The largest absolute Gasteiger partial charge is 0.465 e. The van der Waals surface area contributed by atoms with Gasteiger partial charge in [-0.2, -0.15) is 0 Å². The monoisotopic (exact) mass is 241 g/mol. The van der Waals surface area contributed by atoms with Gasteiger partial charge in [-0.3, -0.25) is 0 Å². The van der Waals surface area contributed by atoms with Crippen LogP contribution in [0, 0.1) is 0 Å². The van der Waals surface area contributed by atoms with Crippen molar-refractivity contribution in [1.82, 2.24) is 5.32 Å². The lowest BCUT2D eigenvalue weighted by Crippen LogP contribution is -2.41. The van der Waals surface area contributed by atoms with Gasteiger partial charge in [-0.05, 0) is 24.5 Å². The molecule has 1 aliphatic carbocycles. The summed E-state index contributed by atoms with van der Waals surface area (Å²) in [5.74, 6) is 0. The smallest absolute Gasteiger partial charge is 0.404 e. The molecule has 0 saturated heterocycles. The molecular formula is C11H12ClNO3. The highest BCUT2D eigenvalue weighted by Gasteiger charge is 2.30. The second kappa shape index (κ2) is 4.31. The van der Waals surface area contributed by atoms with Crippen molar-refractivity contribution in [3.8, 4) is 0 Å². The Bertz CT molecular complexity index is 422. The molecule has 0 aromatic heterocycles. The minimum atomic E-state index is -1.13. The van der Waals surface area contributed by atoms with E-state index in [0.717, 1.165) is 12.0 Å². The van der Waals surface area contributed by atoms with E-state index in [2.05, 4.69) is 5.32 Å². The number of aliphatic hydroxyl groups excluding tert-OH is 1. The average molecular weight is 242 g/mol. The molecule has 0 aliphatic heterocycles. The van der Waals surface area contributed by atoms with Gasteiger partial charge in [0.1, 0.15) is 6.10 Å². The summed E-state index contributed by atoms with van der Waals surface area (Å²) in [5, 5.41) is 21.5. The summed E-state index contributed by atoms with van der Waals surface area (Å²) in [6.45, 7) is 0. The van der Waals surface area contributed by atoms with E-state index in [0.29, 0.717) is 17.0 Å². The minimum Gasteiger partial charge on any atom is -0.465 e. The van der Waals surface area contributed by atoms with Crippen LogP contribution in [0.25, 0.3) is 0 Å². The Kier molecular flexibility index (Phi) is 3.03. The molecule has 2 rings (SSSR count). The predicted molar refractivity (Wildman–Crippen MR) is 59.7 cm³/mol. The van der Waals surface area contributed by atoms with Crippen LogP contribution in [0.2, 0.25) is 5.02 Å². The first-order valence-electron chi connectivity index (χ1n) is 5.04. The number of hydrogen-bond acceptors (Lipinski definition) is 2. The molecule has 0 bridgehead atoms. The van der Waals surface area contributed by atoms with E-state index < -0.39 is 18.2 Å². The third-order valence-electron chi connectivity index (χ3n) is 2.85. The van der Waals surface area contributed by atoms with Crippen LogP contribution in [0.5, 0.6) is 0 Å². The molecule has 3 N–H and O–H groups in total. The summed E-state index contributed by atoms with van der Waals surface area (Å²) >= 11 is 6.00. The average Bonchev–Trinajstić information content (AvgIpc) is 2.22. The van der Waals surface area contributed by atoms with Gasteiger partial charge in [0, 0.05) is 10.6 Å². The first kappa shape index (κ1) is 11.2. The van der Waals surface area contributed by atoms with Crippen molar-refractivity contribution in [3.05, 3.63) is 34.3 Å². The summed E-state index contributed by atoms with van der Waals surface area (Å²) < 4.78 is 0. The predicted octanol–water partition coefficient (Wildman–Crippen LogP) is 1.96. The van der Waals surface area contributed by atoms with E-state index in [1.54, 1.807) is 6.07 Å². The number of aryl methyl sites for hydroxylation is 1. The molecule has 0 spiro atoms. The van der Waals surface area contributed by atoms with Gasteiger partial charge in [0.15, 0.2) is 0 Å². The summed E-state index contributed by atoms with van der Waals surface area (Å²) in [4.78, 5) is 10.6. The van der Waals surface area contributed by atoms with Crippen LogP contribution in [0.1, 0.15) is 23.7 Å². The zero-order valence-electron chi connectivity index (χ0n) is 8.48. The summed E-state index contributed by atoms with van der Waals surface area (Å²) in [5.41, 5.74) is 1.64. The minimum absolute atomic E-state index is 0.482. The molecule has 2 atom stereocenters. The third kappa shape index (κ3) is 1.99. The van der Waals surface area contributed by atoms with Gasteiger partial charge in [-0.1, -0.05) is 23.7 Å². The lowest BCUT2D eigenvalue weighted by molar-refractivity contribution is 0.109. The number of aliphatic hydroxyl groups is 1. The number of nitrogens with one attached hydrogen (secondary N) is 1. The molecular weight excluding hydrogens is 230 g/mol. The molecule has 0 fully saturated rings. The van der Waals surface area contributed by atoms with Crippen LogP contribution in [0.3, 0.4) is 0 Å². The van der Waals surface area contributed by atoms with Crippen LogP contribution in [0.4, 0.5) is 4.79 Å². The van der Waals surface area contributed by atoms with E-state index in [1.165, 1.54) is 0 Å². The van der Waals surface area contributed by atoms with E-state index in [-0.39, 0.29) is 0 Å². The van der Waals surface area contributed by atoms with Gasteiger partial charge in [0.05, 0.1) is 6.04 Å². The van der Waals surface area contributed by atoms with E-state index in [4.69, 9.17) is 16.7 Å². The van der Waals surface area contributed by atoms with Gasteiger partial charge in [0.2, 0.25) is 0 Å². The fourth-order valence-electron chi connectivity index (χ4n) is 2.11. The molecule has 1 aromatic rings. The third-order valence-corrected chi connectivity index (χ3v) is 3.18. The molecule has 4 nitrogen and oxygen atoms in total. The summed E-state index contributed by atoms with van der Waals surface area (Å²) in [7, 11) is 0. The Morgan fingerprint density at radius 2 is 2.25 bits per heavy atom. The maximum absolute atomic E-state index is 10.6. The van der Waals surface area contributed by atoms with Gasteiger partial charge in [-0.15, -0.1) is 0 Å². The van der Waals surface area contributed by atoms with Crippen molar-refractivity contribution < 1.29 is 15.0 Å². The number of fused-ring (bicyclic) bond motifs is 1. The van der Waals surface area contributed by atoms with Crippen LogP contribution in [0.15, 0.2) is 18.2 Å². The lowest BCUT2D eigenvalue weighted by atomic mass is 9.86. The molecule has 1 aliphatic rings. The zero-order valence-corrected chi connectivity index (χ0v) is 9.24. The van der Waals surface area contributed by atoms with Crippen molar-refractivity contribution in [1.29, 1.82) is 0 Å². The highest BCUT2D eigenvalue weighted by atomic mass is 35.5. The maximum atomic E-state index is 10.6. The maximum Gasteiger partial charge on any atom is 0.404 e. The fourth-order valence-corrected chi connectivity index (χ4v) is 2.42. The SMILES string of the molecule is O=C(O)N[C@H]1CCc2cccc(Cl)c2[C@@H]1O. The Morgan fingerprint density at radius 1 is 1.50 bits per heavy atom. The topological polar surface area (TPSA) is 69.6 Å². The number of rotatable bonds is 1. The molecule has 5 heteroatoms. The highest BCUT2D eigenvalue weighted by Crippen LogP contribution is 2.34. The van der Waals surface area contributed by atoms with E-state index in [1.807, 2.05) is 12.1 Å². The quantitative estimate of drug-likeness (QED) is 0.704. The Balaban J connectivity index is 2.30. The number of halogens is 1. The van der Waals surface area contributed by atoms with Gasteiger partial charge in [0.25, 0.3) is 0 Å². The second-order valence-electron chi connectivity index (χ2n) is 3.85. The standard InChI is InChI=1S/C11H12ClNO3/c12-7-3-1-2-6-4-5-8(13-11(15)16)10(14)9(6)7/h1-3,8,10,13-14H,4-5H2,(H,15,16)/t8-,10+/m0/s1. The fraction of sp³-hybridized carbons (Fsp3) is 0.364. The van der Waals surface area contributed by atoms with Crippen molar-refractivity contribution in [3.63, 3.8) is 0 Å². The number of carboxylic acid groups (broad SMARTS) is 1. The van der Waals surface area contributed by atoms with Gasteiger partial charge in [-0.25, -0.2) is 4.79 Å². The summed E-state index contributed by atoms with van der Waals surface area (Å²) in [6, 6.07) is 4.96. The van der Waals surface area contributed by atoms with Gasteiger partial charge < -0.3 is 15.5 Å². The van der Waals surface area contributed by atoms with E-state index >= 15 is 0 Å². The van der Waals surface area contributed by atoms with Crippen molar-refractivity contribution >= 4 is 17.7 Å². The van der Waals surface area contributed by atoms with E-state index in [9.17, 15) is 9.90 Å². The first-order valence-corrected chi connectivity index (χ1v) is 5.42. The molecule has 1 aromatic carbocycles. The van der Waals surface area contributed by atoms with Crippen molar-refractivity contribution in [2.45, 2.75) is 25.0 Å². The molecule has 0 saturated carbocycles. The Labute approximate surface area is 97.9 Å². The van der Waals surface area contributed by atoms with Crippen LogP contribution < -0.4 is 5.32 Å². The normalized spacial score (nSPS) is 23.6. The van der Waals surface area contributed by atoms with Crippen molar-refractivity contribution in [2.75, 3.05) is 0 Å². The molecule has 86 valence electrons. The Morgan fingerprint density at radius 3 is 2.94 bits per heavy atom. The van der Waals surface area contributed by atoms with Crippen LogP contribution in [-0.2, 0) is 6.42 Å². The molecule has 1 amide bonds. The zero-order chi connectivity index (χ0) is 11.7. The van der Waals surface area contributed by atoms with Crippen LogP contribution in [-0.4, -0.2) is 22.3 Å². The van der Waals surface area contributed by atoms with Gasteiger partial charge >= 0.3 is 6.09 Å². The number of carbonyl (C=O) groups is 1. The lowest BCUT2D eigenvalue weighted by Gasteiger charge is -2.30. The number of amides is 1. The molecule has 0 heterocycles. The molecule has 0 radical (unpaired) electrons. The molecule has 16 heavy (non-hydrogen) atoms. The number of benzene rings is 1. The number of hydrogen-bond donors (Lipinski definition) is 3. The highest BCUT2D eigenvalue weighted by molar-refractivity contribution is 6.31.